The van der Waals surface area contributed by atoms with Crippen molar-refractivity contribution in [1.82, 2.24) is 4.90 Å². The van der Waals surface area contributed by atoms with Gasteiger partial charge in [0.15, 0.2) is 0 Å². The molecule has 2 aromatic carbocycles. The second-order valence-corrected chi connectivity index (χ2v) is 6.88. The molecule has 1 aliphatic heterocycles. The monoisotopic (exact) mass is 394 g/mol. The number of anilines is 1. The zero-order valence-corrected chi connectivity index (χ0v) is 17.0. The molecule has 2 amide bonds. The quantitative estimate of drug-likeness (QED) is 0.657. The van der Waals surface area contributed by atoms with Gasteiger partial charge in [0.05, 0.1) is 31.4 Å². The first-order valence-electron chi connectivity index (χ1n) is 9.78. The molecule has 1 N–H and O–H groups in total. The number of benzene rings is 2. The minimum atomic E-state index is -0.352. The molecule has 0 unspecified atom stereocenters. The smallest absolute Gasteiger partial charge is 0.278 e. The summed E-state index contributed by atoms with van der Waals surface area (Å²) in [6.07, 6.45) is 0.0332. The average Bonchev–Trinajstić information content (AvgIpc) is 2.94. The highest BCUT2D eigenvalue weighted by atomic mass is 16.5. The average molecular weight is 394 g/mol. The first-order valence-corrected chi connectivity index (χ1v) is 9.78. The van der Waals surface area contributed by atoms with Crippen LogP contribution in [0.4, 0.5) is 5.69 Å². The van der Waals surface area contributed by atoms with Crippen molar-refractivity contribution >= 4 is 23.1 Å². The molecular formula is C23H26N2O4. The van der Waals surface area contributed by atoms with Crippen LogP contribution in [0.1, 0.15) is 26.3 Å². The molecule has 1 heterocycles. The Hall–Kier alpha value is -3.12. The molecule has 6 nitrogen and oxygen atoms in total. The minimum absolute atomic E-state index is 0.0332. The summed E-state index contributed by atoms with van der Waals surface area (Å²) >= 11 is 0. The Morgan fingerprint density at radius 2 is 1.66 bits per heavy atom. The number of imide groups is 1. The molecule has 0 saturated heterocycles. The first-order chi connectivity index (χ1) is 14.0. The van der Waals surface area contributed by atoms with Gasteiger partial charge in [-0.2, -0.15) is 0 Å². The predicted molar refractivity (Wildman–Crippen MR) is 112 cm³/mol. The molecule has 29 heavy (non-hydrogen) atoms. The van der Waals surface area contributed by atoms with Crippen LogP contribution < -0.4 is 10.1 Å². The van der Waals surface area contributed by atoms with E-state index < -0.39 is 0 Å². The molecule has 0 fully saturated rings. The lowest BCUT2D eigenvalue weighted by atomic mass is 10.0. The Morgan fingerprint density at radius 3 is 2.28 bits per heavy atom. The van der Waals surface area contributed by atoms with Crippen LogP contribution in [0, 0.1) is 0 Å². The van der Waals surface area contributed by atoms with Gasteiger partial charge in [-0.25, -0.2) is 0 Å². The maximum Gasteiger partial charge on any atom is 0.278 e. The molecule has 2 aromatic rings. The minimum Gasteiger partial charge on any atom is -0.494 e. The molecule has 0 atom stereocenters. The van der Waals surface area contributed by atoms with E-state index in [0.717, 1.165) is 5.75 Å². The SMILES string of the molecule is CCOc1ccc(NC2=C(c3ccccc3)C(=O)N(CCOC(C)C)C2=O)cc1. The standard InChI is InChI=1S/C23H26N2O4/c1-4-28-19-12-10-18(11-13-19)24-21-20(17-8-6-5-7-9-17)22(26)25(23(21)27)14-15-29-16(2)3/h5-13,16,24H,4,14-15H2,1-3H3. The van der Waals surface area contributed by atoms with Crippen molar-refractivity contribution in [3.63, 3.8) is 0 Å². The molecule has 0 aromatic heterocycles. The summed E-state index contributed by atoms with van der Waals surface area (Å²) in [6.45, 7) is 6.84. The predicted octanol–water partition coefficient (Wildman–Crippen LogP) is 3.70. The summed E-state index contributed by atoms with van der Waals surface area (Å²) in [6, 6.07) is 16.5. The number of rotatable bonds is 9. The van der Waals surface area contributed by atoms with E-state index in [4.69, 9.17) is 9.47 Å². The topological polar surface area (TPSA) is 67.9 Å². The summed E-state index contributed by atoms with van der Waals surface area (Å²) in [5.41, 5.74) is 2.05. The molecule has 3 rings (SSSR count). The number of carbonyl (C=O) groups excluding carboxylic acids is 2. The Bertz CT molecular complexity index is 889. The molecule has 1 aliphatic rings. The zero-order valence-electron chi connectivity index (χ0n) is 17.0. The van der Waals surface area contributed by atoms with Crippen molar-refractivity contribution in [2.24, 2.45) is 0 Å². The van der Waals surface area contributed by atoms with E-state index in [1.54, 1.807) is 0 Å². The van der Waals surface area contributed by atoms with Crippen molar-refractivity contribution in [3.8, 4) is 5.75 Å². The third-order valence-corrected chi connectivity index (χ3v) is 4.43. The van der Waals surface area contributed by atoms with Gasteiger partial charge in [0.25, 0.3) is 11.8 Å². The maximum atomic E-state index is 13.1. The van der Waals surface area contributed by atoms with Gasteiger partial charge in [-0.05, 0) is 50.6 Å². The van der Waals surface area contributed by atoms with Gasteiger partial charge in [0.2, 0.25) is 0 Å². The second kappa shape index (κ2) is 9.39. The zero-order chi connectivity index (χ0) is 20.8. The van der Waals surface area contributed by atoms with Gasteiger partial charge in [-0.3, -0.25) is 14.5 Å². The highest BCUT2D eigenvalue weighted by Crippen LogP contribution is 2.30. The lowest BCUT2D eigenvalue weighted by Crippen LogP contribution is -2.35. The number of amides is 2. The third-order valence-electron chi connectivity index (χ3n) is 4.43. The molecule has 0 spiro atoms. The summed E-state index contributed by atoms with van der Waals surface area (Å²) in [4.78, 5) is 27.4. The van der Waals surface area contributed by atoms with E-state index in [2.05, 4.69) is 5.32 Å². The van der Waals surface area contributed by atoms with E-state index in [9.17, 15) is 9.59 Å². The van der Waals surface area contributed by atoms with Crippen molar-refractivity contribution in [2.45, 2.75) is 26.9 Å². The Balaban J connectivity index is 1.89. The van der Waals surface area contributed by atoms with E-state index in [1.807, 2.05) is 75.4 Å². The van der Waals surface area contributed by atoms with E-state index in [1.165, 1.54) is 4.90 Å². The van der Waals surface area contributed by atoms with Crippen LogP contribution in [-0.2, 0) is 14.3 Å². The van der Waals surface area contributed by atoms with Crippen LogP contribution in [0.25, 0.3) is 5.57 Å². The van der Waals surface area contributed by atoms with Crippen LogP contribution in [0.2, 0.25) is 0 Å². The Labute approximate surface area is 171 Å². The number of ether oxygens (including phenoxy) is 2. The van der Waals surface area contributed by atoms with Crippen LogP contribution >= 0.6 is 0 Å². The molecule has 0 saturated carbocycles. The van der Waals surface area contributed by atoms with E-state index in [0.29, 0.717) is 30.0 Å². The second-order valence-electron chi connectivity index (χ2n) is 6.88. The van der Waals surface area contributed by atoms with Crippen molar-refractivity contribution in [3.05, 3.63) is 65.9 Å². The van der Waals surface area contributed by atoms with Crippen molar-refractivity contribution in [2.75, 3.05) is 25.1 Å². The van der Waals surface area contributed by atoms with Crippen LogP contribution in [0.5, 0.6) is 5.75 Å². The number of nitrogens with one attached hydrogen (secondary N) is 1. The number of carbonyl (C=O) groups is 2. The van der Waals surface area contributed by atoms with E-state index >= 15 is 0 Å². The Morgan fingerprint density at radius 1 is 0.966 bits per heavy atom. The number of hydrogen-bond acceptors (Lipinski definition) is 5. The van der Waals surface area contributed by atoms with Gasteiger partial charge in [0.1, 0.15) is 11.4 Å². The Kier molecular flexibility index (Phi) is 6.67. The fourth-order valence-corrected chi connectivity index (χ4v) is 3.09. The molecule has 0 radical (unpaired) electrons. The molecule has 6 heteroatoms. The van der Waals surface area contributed by atoms with Crippen molar-refractivity contribution < 1.29 is 19.1 Å². The molecular weight excluding hydrogens is 368 g/mol. The van der Waals surface area contributed by atoms with Crippen molar-refractivity contribution in [1.29, 1.82) is 0 Å². The summed E-state index contributed by atoms with van der Waals surface area (Å²) in [5.74, 6) is 0.0775. The lowest BCUT2D eigenvalue weighted by molar-refractivity contribution is -0.137. The van der Waals surface area contributed by atoms with Gasteiger partial charge in [0, 0.05) is 5.69 Å². The van der Waals surface area contributed by atoms with Crippen LogP contribution in [-0.4, -0.2) is 42.6 Å². The first kappa shape index (κ1) is 20.6. The molecule has 152 valence electrons. The fourth-order valence-electron chi connectivity index (χ4n) is 3.09. The number of hydrogen-bond donors (Lipinski definition) is 1. The van der Waals surface area contributed by atoms with Gasteiger partial charge in [-0.15, -0.1) is 0 Å². The third kappa shape index (κ3) is 4.84. The highest BCUT2D eigenvalue weighted by molar-refractivity contribution is 6.36. The summed E-state index contributed by atoms with van der Waals surface area (Å²) in [7, 11) is 0. The van der Waals surface area contributed by atoms with Crippen LogP contribution in [0.3, 0.4) is 0 Å². The summed E-state index contributed by atoms with van der Waals surface area (Å²) in [5, 5.41) is 3.14. The maximum absolute atomic E-state index is 13.1. The van der Waals surface area contributed by atoms with E-state index in [-0.39, 0.29) is 30.2 Å². The lowest BCUT2D eigenvalue weighted by Gasteiger charge is -2.16. The van der Waals surface area contributed by atoms with Crippen LogP contribution in [0.15, 0.2) is 60.3 Å². The summed E-state index contributed by atoms with van der Waals surface area (Å²) < 4.78 is 11.0. The molecule has 0 aliphatic carbocycles. The van der Waals surface area contributed by atoms with Gasteiger partial charge < -0.3 is 14.8 Å². The fraction of sp³-hybridized carbons (Fsp3) is 0.304. The van der Waals surface area contributed by atoms with Gasteiger partial charge >= 0.3 is 0 Å². The van der Waals surface area contributed by atoms with Gasteiger partial charge in [-0.1, -0.05) is 30.3 Å². The molecule has 0 bridgehead atoms. The largest absolute Gasteiger partial charge is 0.494 e. The highest BCUT2D eigenvalue weighted by Gasteiger charge is 2.38. The normalized spacial score (nSPS) is 14.1. The number of nitrogens with zero attached hydrogens (tertiary/aromatic N) is 1.